The molecule has 0 saturated carbocycles. The fourth-order valence-electron chi connectivity index (χ4n) is 4.29. The number of benzene rings is 3. The molecular weight excluding hydrogens is 448 g/mol. The fourth-order valence-corrected chi connectivity index (χ4v) is 4.42. The quantitative estimate of drug-likeness (QED) is 0.274. The van der Waals surface area contributed by atoms with Crippen molar-refractivity contribution in [2.24, 2.45) is 0 Å². The van der Waals surface area contributed by atoms with E-state index in [9.17, 15) is 9.90 Å². The summed E-state index contributed by atoms with van der Waals surface area (Å²) in [5.74, 6) is -0.998. The number of carbonyl (C=O) groups is 1. The van der Waals surface area contributed by atoms with Crippen LogP contribution in [0.1, 0.15) is 42.7 Å². The molecule has 0 aliphatic carbocycles. The largest absolute Gasteiger partial charge is 0.479 e. The van der Waals surface area contributed by atoms with E-state index in [2.05, 4.69) is 23.0 Å². The topological polar surface area (TPSA) is 72.3 Å². The third-order valence-electron chi connectivity index (χ3n) is 6.01. The van der Waals surface area contributed by atoms with Crippen LogP contribution in [0.3, 0.4) is 0 Å². The molecule has 0 aliphatic rings. The van der Waals surface area contributed by atoms with Gasteiger partial charge in [-0.25, -0.2) is 14.8 Å². The van der Waals surface area contributed by atoms with E-state index >= 15 is 0 Å². The molecule has 1 unspecified atom stereocenters. The molecule has 0 radical (unpaired) electrons. The second-order valence-electron chi connectivity index (χ2n) is 8.39. The minimum atomic E-state index is -1.06. The molecule has 0 spiro atoms. The van der Waals surface area contributed by atoms with Crippen LogP contribution < -0.4 is 0 Å². The summed E-state index contributed by atoms with van der Waals surface area (Å²) in [5.41, 5.74) is 6.15. The number of carboxylic acids is 1. The molecule has 0 fully saturated rings. The number of hydrogen-bond donors (Lipinski definition) is 1. The molecule has 1 atom stereocenters. The van der Waals surface area contributed by atoms with Crippen molar-refractivity contribution in [2.45, 2.75) is 39.7 Å². The predicted octanol–water partition coefficient (Wildman–Crippen LogP) is 7.18. The summed E-state index contributed by atoms with van der Waals surface area (Å²) in [5, 5.41) is 12.7. The summed E-state index contributed by atoms with van der Waals surface area (Å²) in [7, 11) is 0. The second-order valence-corrected chi connectivity index (χ2v) is 8.83. The Labute approximate surface area is 204 Å². The van der Waals surface area contributed by atoms with Crippen LogP contribution >= 0.6 is 11.6 Å². The summed E-state index contributed by atoms with van der Waals surface area (Å²) in [6.45, 7) is 6.34. The Balaban J connectivity index is 1.97. The van der Waals surface area contributed by atoms with E-state index in [1.54, 1.807) is 6.33 Å². The van der Waals surface area contributed by atoms with Gasteiger partial charge >= 0.3 is 5.97 Å². The number of rotatable bonds is 8. The summed E-state index contributed by atoms with van der Waals surface area (Å²) in [6, 6.07) is 15.7. The van der Waals surface area contributed by atoms with E-state index in [4.69, 9.17) is 16.3 Å². The zero-order valence-electron chi connectivity index (χ0n) is 19.5. The zero-order valence-corrected chi connectivity index (χ0v) is 20.3. The normalized spacial score (nSPS) is 12.1. The molecule has 0 amide bonds. The van der Waals surface area contributed by atoms with Gasteiger partial charge in [0.15, 0.2) is 6.10 Å². The maximum atomic E-state index is 12.3. The van der Waals surface area contributed by atoms with Gasteiger partial charge in [-0.15, -0.1) is 0 Å². The first-order chi connectivity index (χ1) is 16.4. The molecule has 1 aromatic heterocycles. The minimum Gasteiger partial charge on any atom is -0.479 e. The van der Waals surface area contributed by atoms with E-state index in [-0.39, 0.29) is 0 Å². The first-order valence-corrected chi connectivity index (χ1v) is 11.7. The lowest BCUT2D eigenvalue weighted by atomic mass is 9.86. The van der Waals surface area contributed by atoms with Gasteiger partial charge in [-0.3, -0.25) is 0 Å². The van der Waals surface area contributed by atoms with Gasteiger partial charge in [-0.2, -0.15) is 0 Å². The van der Waals surface area contributed by atoms with Crippen LogP contribution in [-0.2, 0) is 9.53 Å². The second kappa shape index (κ2) is 10.3. The highest BCUT2D eigenvalue weighted by atomic mass is 35.5. The van der Waals surface area contributed by atoms with Gasteiger partial charge < -0.3 is 9.84 Å². The Morgan fingerprint density at radius 3 is 2.50 bits per heavy atom. The highest BCUT2D eigenvalue weighted by Crippen LogP contribution is 2.41. The van der Waals surface area contributed by atoms with Gasteiger partial charge in [0, 0.05) is 34.6 Å². The number of aliphatic carboxylic acids is 1. The average Bonchev–Trinajstić information content (AvgIpc) is 2.82. The van der Waals surface area contributed by atoms with E-state index < -0.39 is 12.1 Å². The number of aromatic nitrogens is 2. The van der Waals surface area contributed by atoms with Crippen LogP contribution in [0.5, 0.6) is 0 Å². The van der Waals surface area contributed by atoms with Crippen molar-refractivity contribution < 1.29 is 14.6 Å². The highest BCUT2D eigenvalue weighted by Gasteiger charge is 2.27. The smallest absolute Gasteiger partial charge is 0.337 e. The number of ether oxygens (including phenoxy) is 1. The van der Waals surface area contributed by atoms with E-state index in [0.29, 0.717) is 17.2 Å². The number of carboxylic acid groups (broad SMARTS) is 1. The van der Waals surface area contributed by atoms with Crippen LogP contribution in [0.4, 0.5) is 0 Å². The molecule has 1 N–H and O–H groups in total. The lowest BCUT2D eigenvalue weighted by Crippen LogP contribution is -2.18. The Morgan fingerprint density at radius 2 is 1.82 bits per heavy atom. The van der Waals surface area contributed by atoms with Crippen molar-refractivity contribution in [3.05, 3.63) is 82.9 Å². The van der Waals surface area contributed by atoms with Crippen molar-refractivity contribution in [1.29, 1.82) is 0 Å². The Hall–Kier alpha value is -3.28. The van der Waals surface area contributed by atoms with Crippen LogP contribution in [0.25, 0.3) is 33.0 Å². The monoisotopic (exact) mass is 474 g/mol. The lowest BCUT2D eigenvalue weighted by molar-refractivity contribution is -0.151. The highest BCUT2D eigenvalue weighted by molar-refractivity contribution is 6.30. The number of nitrogens with zero attached hydrogens (tertiary/aromatic N) is 2. The first-order valence-electron chi connectivity index (χ1n) is 11.3. The number of hydrogen-bond acceptors (Lipinski definition) is 4. The molecule has 34 heavy (non-hydrogen) atoms. The summed E-state index contributed by atoms with van der Waals surface area (Å²) in [6.07, 6.45) is 4.02. The third kappa shape index (κ3) is 4.81. The van der Waals surface area contributed by atoms with Crippen molar-refractivity contribution in [2.75, 3.05) is 6.61 Å². The Bertz CT molecular complexity index is 1340. The number of fused-ring (bicyclic) bond motifs is 1. The standard InChI is InChI=1S/C28H27ClN2O3/c1-4-5-12-34-27(28(32)33)25-17(2)13-21-14-20(24-15-30-16-31-18(24)3)8-11-23(21)26(25)19-6-9-22(29)10-7-19/h6-11,13-16,27H,4-5,12H2,1-3H3,(H,32,33). The van der Waals surface area contributed by atoms with Gasteiger partial charge in [-0.05, 0) is 71.5 Å². The summed E-state index contributed by atoms with van der Waals surface area (Å²) < 4.78 is 5.91. The zero-order chi connectivity index (χ0) is 24.2. The molecule has 5 nitrogen and oxygen atoms in total. The van der Waals surface area contributed by atoms with E-state index in [0.717, 1.165) is 57.1 Å². The average molecular weight is 475 g/mol. The van der Waals surface area contributed by atoms with E-state index in [1.165, 1.54) is 0 Å². The molecule has 4 rings (SSSR count). The van der Waals surface area contributed by atoms with Crippen LogP contribution in [0.2, 0.25) is 5.02 Å². The van der Waals surface area contributed by atoms with Gasteiger partial charge in [0.25, 0.3) is 0 Å². The van der Waals surface area contributed by atoms with E-state index in [1.807, 2.05) is 62.5 Å². The minimum absolute atomic E-state index is 0.386. The predicted molar refractivity (Wildman–Crippen MR) is 136 cm³/mol. The van der Waals surface area contributed by atoms with Crippen LogP contribution in [-0.4, -0.2) is 27.7 Å². The molecule has 0 aliphatic heterocycles. The van der Waals surface area contributed by atoms with Crippen molar-refractivity contribution in [3.8, 4) is 22.3 Å². The number of halogens is 1. The van der Waals surface area contributed by atoms with Crippen LogP contribution in [0, 0.1) is 13.8 Å². The molecular formula is C28H27ClN2O3. The fraction of sp³-hybridized carbons (Fsp3) is 0.250. The molecule has 174 valence electrons. The lowest BCUT2D eigenvalue weighted by Gasteiger charge is -2.23. The van der Waals surface area contributed by atoms with Crippen molar-refractivity contribution in [1.82, 2.24) is 9.97 Å². The maximum absolute atomic E-state index is 12.3. The SMILES string of the molecule is CCCCOC(C(=O)O)c1c(C)cc2cc(-c3cncnc3C)ccc2c1-c1ccc(Cl)cc1. The Kier molecular flexibility index (Phi) is 7.25. The molecule has 0 bridgehead atoms. The molecule has 4 aromatic rings. The Morgan fingerprint density at radius 1 is 1.09 bits per heavy atom. The van der Waals surface area contributed by atoms with Crippen LogP contribution in [0.15, 0.2) is 61.1 Å². The molecule has 0 saturated heterocycles. The molecule has 3 aromatic carbocycles. The molecule has 1 heterocycles. The van der Waals surface area contributed by atoms with Crippen molar-refractivity contribution in [3.63, 3.8) is 0 Å². The van der Waals surface area contributed by atoms with Crippen molar-refractivity contribution >= 4 is 28.3 Å². The van der Waals surface area contributed by atoms with Gasteiger partial charge in [0.2, 0.25) is 0 Å². The van der Waals surface area contributed by atoms with Gasteiger partial charge in [0.05, 0.1) is 0 Å². The summed E-state index contributed by atoms with van der Waals surface area (Å²) in [4.78, 5) is 20.8. The number of aryl methyl sites for hydroxylation is 2. The first kappa shape index (κ1) is 23.9. The van der Waals surface area contributed by atoms with Gasteiger partial charge in [-0.1, -0.05) is 55.3 Å². The molecule has 6 heteroatoms. The van der Waals surface area contributed by atoms with Gasteiger partial charge in [0.1, 0.15) is 6.33 Å². The summed E-state index contributed by atoms with van der Waals surface area (Å²) >= 11 is 6.16. The maximum Gasteiger partial charge on any atom is 0.337 e. The third-order valence-corrected chi connectivity index (χ3v) is 6.26. The number of unbranched alkanes of at least 4 members (excludes halogenated alkanes) is 1.